The normalized spacial score (nSPS) is 11.3. The van der Waals surface area contributed by atoms with Gasteiger partial charge in [-0.15, -0.1) is 0 Å². The van der Waals surface area contributed by atoms with E-state index in [1.54, 1.807) is 0 Å². The first kappa shape index (κ1) is 27.4. The van der Waals surface area contributed by atoms with Crippen LogP contribution in [-0.2, 0) is 23.7 Å². The summed E-state index contributed by atoms with van der Waals surface area (Å²) in [7, 11) is 0. The minimum atomic E-state index is -0.158. The van der Waals surface area contributed by atoms with Crippen molar-refractivity contribution in [3.63, 3.8) is 0 Å². The molecule has 0 heterocycles. The van der Waals surface area contributed by atoms with Crippen molar-refractivity contribution in [1.29, 1.82) is 0 Å². The highest BCUT2D eigenvalue weighted by Gasteiger charge is 2.04. The fourth-order valence-corrected chi connectivity index (χ4v) is 2.87. The predicted octanol–water partition coefficient (Wildman–Crippen LogP) is 5.69. The zero-order valence-electron chi connectivity index (χ0n) is 18.8. The lowest BCUT2D eigenvalue weighted by Gasteiger charge is -2.08. The van der Waals surface area contributed by atoms with Crippen molar-refractivity contribution < 1.29 is 23.7 Å². The SMILES string of the molecule is CCCCCCCCCCCCOCCOCCOCCCC(=O)OC(C)C. The molecule has 168 valence electrons. The molecular formula is C23H46O5. The first-order chi connectivity index (χ1) is 13.7. The molecular weight excluding hydrogens is 356 g/mol. The van der Waals surface area contributed by atoms with Gasteiger partial charge in [0.2, 0.25) is 0 Å². The molecule has 0 unspecified atom stereocenters. The number of hydrogen-bond donors (Lipinski definition) is 0. The standard InChI is InChI=1S/C23H46O5/c1-4-5-6-7-8-9-10-11-12-13-16-25-18-20-27-21-19-26-17-14-15-23(24)28-22(2)3/h22H,4-21H2,1-3H3. The number of esters is 1. The summed E-state index contributed by atoms with van der Waals surface area (Å²) in [5.41, 5.74) is 0. The van der Waals surface area contributed by atoms with Crippen LogP contribution in [0.5, 0.6) is 0 Å². The summed E-state index contributed by atoms with van der Waals surface area (Å²) < 4.78 is 21.6. The van der Waals surface area contributed by atoms with Gasteiger partial charge in [-0.1, -0.05) is 64.7 Å². The number of ether oxygens (including phenoxy) is 4. The maximum atomic E-state index is 11.3. The molecule has 0 spiro atoms. The Morgan fingerprint density at radius 2 is 1.04 bits per heavy atom. The van der Waals surface area contributed by atoms with Crippen molar-refractivity contribution in [1.82, 2.24) is 0 Å². The molecule has 0 aliphatic rings. The van der Waals surface area contributed by atoms with Gasteiger partial charge in [0.05, 0.1) is 32.5 Å². The molecule has 5 heteroatoms. The van der Waals surface area contributed by atoms with E-state index < -0.39 is 0 Å². The van der Waals surface area contributed by atoms with E-state index in [0.29, 0.717) is 45.9 Å². The lowest BCUT2D eigenvalue weighted by atomic mass is 10.1. The first-order valence-electron chi connectivity index (χ1n) is 11.6. The van der Waals surface area contributed by atoms with Gasteiger partial charge in [-0.25, -0.2) is 0 Å². The molecule has 0 bridgehead atoms. The Morgan fingerprint density at radius 3 is 1.54 bits per heavy atom. The van der Waals surface area contributed by atoms with E-state index in [2.05, 4.69) is 6.92 Å². The monoisotopic (exact) mass is 402 g/mol. The zero-order chi connectivity index (χ0) is 20.7. The maximum Gasteiger partial charge on any atom is 0.306 e. The molecule has 0 saturated carbocycles. The highest BCUT2D eigenvalue weighted by atomic mass is 16.5. The molecule has 0 aromatic carbocycles. The van der Waals surface area contributed by atoms with Crippen LogP contribution in [0.3, 0.4) is 0 Å². The number of rotatable bonds is 22. The van der Waals surface area contributed by atoms with Gasteiger partial charge in [-0.05, 0) is 26.7 Å². The van der Waals surface area contributed by atoms with Crippen LogP contribution in [-0.4, -0.2) is 51.7 Å². The van der Waals surface area contributed by atoms with Crippen molar-refractivity contribution in [2.45, 2.75) is 104 Å². The molecule has 0 N–H and O–H groups in total. The van der Waals surface area contributed by atoms with E-state index in [-0.39, 0.29) is 12.1 Å². The van der Waals surface area contributed by atoms with Crippen molar-refractivity contribution in [3.8, 4) is 0 Å². The molecule has 0 aromatic rings. The summed E-state index contributed by atoms with van der Waals surface area (Å²) in [6, 6.07) is 0. The Morgan fingerprint density at radius 1 is 0.607 bits per heavy atom. The van der Waals surface area contributed by atoms with Crippen LogP contribution in [0, 0.1) is 0 Å². The van der Waals surface area contributed by atoms with Gasteiger partial charge >= 0.3 is 5.97 Å². The lowest BCUT2D eigenvalue weighted by molar-refractivity contribution is -0.147. The number of carbonyl (C=O) groups excluding carboxylic acids is 1. The summed E-state index contributed by atoms with van der Waals surface area (Å²) in [6.07, 6.45) is 14.5. The van der Waals surface area contributed by atoms with E-state index in [1.807, 2.05) is 13.8 Å². The van der Waals surface area contributed by atoms with Gasteiger partial charge in [0.15, 0.2) is 0 Å². The fourth-order valence-electron chi connectivity index (χ4n) is 2.87. The molecule has 0 amide bonds. The maximum absolute atomic E-state index is 11.3. The molecule has 0 rings (SSSR count). The number of carbonyl (C=O) groups is 1. The van der Waals surface area contributed by atoms with E-state index >= 15 is 0 Å². The summed E-state index contributed by atoms with van der Waals surface area (Å²) >= 11 is 0. The molecule has 0 fully saturated rings. The largest absolute Gasteiger partial charge is 0.463 e. The van der Waals surface area contributed by atoms with E-state index in [1.165, 1.54) is 57.8 Å². The first-order valence-corrected chi connectivity index (χ1v) is 11.6. The van der Waals surface area contributed by atoms with Crippen LogP contribution in [0.4, 0.5) is 0 Å². The Kier molecular flexibility index (Phi) is 22.1. The van der Waals surface area contributed by atoms with Gasteiger partial charge < -0.3 is 18.9 Å². The second kappa shape index (κ2) is 22.6. The van der Waals surface area contributed by atoms with E-state index in [9.17, 15) is 4.79 Å². The quantitative estimate of drug-likeness (QED) is 0.172. The summed E-state index contributed by atoms with van der Waals surface area (Å²) in [6.45, 7) is 9.76. The Balaban J connectivity index is 3.06. The van der Waals surface area contributed by atoms with E-state index in [0.717, 1.165) is 13.0 Å². The fraction of sp³-hybridized carbons (Fsp3) is 0.957. The highest BCUT2D eigenvalue weighted by molar-refractivity contribution is 5.69. The average Bonchev–Trinajstić information content (AvgIpc) is 2.66. The third kappa shape index (κ3) is 23.4. The summed E-state index contributed by atoms with van der Waals surface area (Å²) in [5.74, 6) is -0.158. The van der Waals surface area contributed by atoms with Crippen molar-refractivity contribution in [2.75, 3.05) is 39.6 Å². The van der Waals surface area contributed by atoms with E-state index in [4.69, 9.17) is 18.9 Å². The third-order valence-corrected chi connectivity index (χ3v) is 4.42. The second-order valence-corrected chi connectivity index (χ2v) is 7.66. The predicted molar refractivity (Wildman–Crippen MR) is 115 cm³/mol. The van der Waals surface area contributed by atoms with Gasteiger partial charge in [0.25, 0.3) is 0 Å². The Bertz CT molecular complexity index is 320. The summed E-state index contributed by atoms with van der Waals surface area (Å²) in [4.78, 5) is 11.3. The minimum Gasteiger partial charge on any atom is -0.463 e. The topological polar surface area (TPSA) is 54.0 Å². The van der Waals surface area contributed by atoms with Gasteiger partial charge in [-0.3, -0.25) is 4.79 Å². The van der Waals surface area contributed by atoms with Crippen LogP contribution in [0.1, 0.15) is 97.8 Å². The van der Waals surface area contributed by atoms with Gasteiger partial charge in [0.1, 0.15) is 0 Å². The molecule has 0 aromatic heterocycles. The third-order valence-electron chi connectivity index (χ3n) is 4.42. The van der Waals surface area contributed by atoms with Gasteiger partial charge in [-0.2, -0.15) is 0 Å². The van der Waals surface area contributed by atoms with Crippen LogP contribution in [0.25, 0.3) is 0 Å². The van der Waals surface area contributed by atoms with Crippen LogP contribution < -0.4 is 0 Å². The van der Waals surface area contributed by atoms with Crippen LogP contribution in [0.2, 0.25) is 0 Å². The molecule has 0 atom stereocenters. The lowest BCUT2D eigenvalue weighted by Crippen LogP contribution is -2.13. The van der Waals surface area contributed by atoms with Crippen molar-refractivity contribution in [2.24, 2.45) is 0 Å². The minimum absolute atomic E-state index is 0.0471. The molecule has 0 aliphatic carbocycles. The molecule has 0 aliphatic heterocycles. The molecule has 0 saturated heterocycles. The summed E-state index contributed by atoms with van der Waals surface area (Å²) in [5, 5.41) is 0. The smallest absolute Gasteiger partial charge is 0.306 e. The average molecular weight is 403 g/mol. The Hall–Kier alpha value is -0.650. The highest BCUT2D eigenvalue weighted by Crippen LogP contribution is 2.10. The molecule has 28 heavy (non-hydrogen) atoms. The molecule has 5 nitrogen and oxygen atoms in total. The van der Waals surface area contributed by atoms with Crippen LogP contribution in [0.15, 0.2) is 0 Å². The zero-order valence-corrected chi connectivity index (χ0v) is 18.8. The van der Waals surface area contributed by atoms with Gasteiger partial charge in [0, 0.05) is 19.6 Å². The Labute approximate surface area is 173 Å². The number of unbranched alkanes of at least 4 members (excludes halogenated alkanes) is 9. The van der Waals surface area contributed by atoms with Crippen LogP contribution >= 0.6 is 0 Å². The van der Waals surface area contributed by atoms with Crippen molar-refractivity contribution >= 4 is 5.97 Å². The second-order valence-electron chi connectivity index (χ2n) is 7.66. The number of hydrogen-bond acceptors (Lipinski definition) is 5. The van der Waals surface area contributed by atoms with Crippen molar-refractivity contribution in [3.05, 3.63) is 0 Å². The molecule has 0 radical (unpaired) electrons.